The molecule has 0 aliphatic heterocycles. The molecule has 0 spiro atoms. The number of benzene rings is 2. The van der Waals surface area contributed by atoms with E-state index in [4.69, 9.17) is 0 Å². The minimum Gasteiger partial charge on any atom is -0.506 e. The van der Waals surface area contributed by atoms with Gasteiger partial charge in [-0.25, -0.2) is 0 Å². The standard InChI is InChI=1S/C16H16BrNO/c17-14-7-3-5-12(16(14)19)10-18-15-9-8-11-4-1-2-6-13(11)15/h1-7,15,18-19H,8-10H2. The summed E-state index contributed by atoms with van der Waals surface area (Å²) in [5, 5.41) is 13.5. The molecular formula is C16H16BrNO. The summed E-state index contributed by atoms with van der Waals surface area (Å²) in [6.07, 6.45) is 2.27. The third kappa shape index (κ3) is 2.53. The zero-order valence-corrected chi connectivity index (χ0v) is 12.2. The molecule has 3 heteroatoms. The fourth-order valence-corrected chi connectivity index (χ4v) is 3.11. The monoisotopic (exact) mass is 317 g/mol. The predicted molar refractivity (Wildman–Crippen MR) is 80.2 cm³/mol. The van der Waals surface area contributed by atoms with Crippen LogP contribution in [0.15, 0.2) is 46.9 Å². The van der Waals surface area contributed by atoms with Crippen LogP contribution >= 0.6 is 15.9 Å². The maximum absolute atomic E-state index is 9.98. The van der Waals surface area contributed by atoms with Gasteiger partial charge in [-0.05, 0) is 46.0 Å². The SMILES string of the molecule is Oc1c(Br)cccc1CNC1CCc2ccccc21. The molecule has 0 saturated heterocycles. The van der Waals surface area contributed by atoms with Crippen LogP contribution in [0.5, 0.6) is 5.75 Å². The quantitative estimate of drug-likeness (QED) is 0.899. The first-order valence-corrected chi connectivity index (χ1v) is 7.32. The zero-order chi connectivity index (χ0) is 13.2. The van der Waals surface area contributed by atoms with Crippen molar-refractivity contribution in [3.8, 4) is 5.75 Å². The van der Waals surface area contributed by atoms with Gasteiger partial charge in [-0.3, -0.25) is 0 Å². The second kappa shape index (κ2) is 5.35. The predicted octanol–water partition coefficient (Wildman–Crippen LogP) is 3.93. The summed E-state index contributed by atoms with van der Waals surface area (Å²) >= 11 is 3.35. The largest absolute Gasteiger partial charge is 0.506 e. The van der Waals surface area contributed by atoms with Crippen LogP contribution in [0, 0.1) is 0 Å². The van der Waals surface area contributed by atoms with Gasteiger partial charge in [0.2, 0.25) is 0 Å². The molecule has 0 aromatic heterocycles. The summed E-state index contributed by atoms with van der Waals surface area (Å²) < 4.78 is 0.749. The maximum atomic E-state index is 9.98. The molecule has 19 heavy (non-hydrogen) atoms. The highest BCUT2D eigenvalue weighted by Crippen LogP contribution is 2.32. The van der Waals surface area contributed by atoms with Gasteiger partial charge in [0.05, 0.1) is 4.47 Å². The Morgan fingerprint density at radius 1 is 1.16 bits per heavy atom. The van der Waals surface area contributed by atoms with E-state index in [-0.39, 0.29) is 0 Å². The lowest BCUT2D eigenvalue weighted by molar-refractivity contribution is 0.453. The van der Waals surface area contributed by atoms with Crippen LogP contribution in [0.4, 0.5) is 0 Å². The molecule has 2 nitrogen and oxygen atoms in total. The lowest BCUT2D eigenvalue weighted by Crippen LogP contribution is -2.18. The highest BCUT2D eigenvalue weighted by molar-refractivity contribution is 9.10. The number of phenols is 1. The van der Waals surface area contributed by atoms with Gasteiger partial charge in [0.15, 0.2) is 0 Å². The summed E-state index contributed by atoms with van der Waals surface area (Å²) in [5.74, 6) is 0.335. The fourth-order valence-electron chi connectivity index (χ4n) is 2.70. The molecule has 0 fully saturated rings. The first kappa shape index (κ1) is 12.7. The smallest absolute Gasteiger partial charge is 0.134 e. The number of hydrogen-bond donors (Lipinski definition) is 2. The van der Waals surface area contributed by atoms with Crippen molar-refractivity contribution in [2.45, 2.75) is 25.4 Å². The van der Waals surface area contributed by atoms with Gasteiger partial charge >= 0.3 is 0 Å². The van der Waals surface area contributed by atoms with Crippen molar-refractivity contribution in [2.24, 2.45) is 0 Å². The highest BCUT2D eigenvalue weighted by Gasteiger charge is 2.21. The van der Waals surface area contributed by atoms with Gasteiger partial charge < -0.3 is 10.4 Å². The second-order valence-corrected chi connectivity index (χ2v) is 5.77. The summed E-state index contributed by atoms with van der Waals surface area (Å²) in [6.45, 7) is 0.685. The third-order valence-electron chi connectivity index (χ3n) is 3.74. The van der Waals surface area contributed by atoms with Crippen molar-refractivity contribution in [3.05, 3.63) is 63.6 Å². The van der Waals surface area contributed by atoms with Crippen LogP contribution in [0.3, 0.4) is 0 Å². The molecule has 2 aromatic rings. The number of aryl methyl sites for hydroxylation is 1. The number of para-hydroxylation sites is 1. The van der Waals surface area contributed by atoms with Crippen molar-refractivity contribution in [2.75, 3.05) is 0 Å². The van der Waals surface area contributed by atoms with Crippen LogP contribution < -0.4 is 5.32 Å². The summed E-state index contributed by atoms with van der Waals surface area (Å²) in [5.41, 5.74) is 3.77. The van der Waals surface area contributed by atoms with E-state index in [9.17, 15) is 5.11 Å². The van der Waals surface area contributed by atoms with Gasteiger partial charge in [-0.2, -0.15) is 0 Å². The molecule has 98 valence electrons. The van der Waals surface area contributed by atoms with Gasteiger partial charge in [0.1, 0.15) is 5.75 Å². The molecule has 0 heterocycles. The molecular weight excluding hydrogens is 302 g/mol. The van der Waals surface area contributed by atoms with E-state index in [0.29, 0.717) is 18.3 Å². The maximum Gasteiger partial charge on any atom is 0.134 e. The van der Waals surface area contributed by atoms with Crippen LogP contribution in [0.25, 0.3) is 0 Å². The van der Waals surface area contributed by atoms with Crippen molar-refractivity contribution in [1.82, 2.24) is 5.32 Å². The number of nitrogens with one attached hydrogen (secondary N) is 1. The second-order valence-electron chi connectivity index (χ2n) is 4.92. The van der Waals surface area contributed by atoms with Gasteiger partial charge in [-0.15, -0.1) is 0 Å². The minimum atomic E-state index is 0.335. The van der Waals surface area contributed by atoms with Crippen molar-refractivity contribution in [3.63, 3.8) is 0 Å². The molecule has 1 unspecified atom stereocenters. The van der Waals surface area contributed by atoms with E-state index in [1.165, 1.54) is 11.1 Å². The lowest BCUT2D eigenvalue weighted by atomic mass is 10.1. The molecule has 2 N–H and O–H groups in total. The molecule has 0 saturated carbocycles. The minimum absolute atomic E-state index is 0.335. The van der Waals surface area contributed by atoms with Crippen LogP contribution in [0.2, 0.25) is 0 Å². The molecule has 0 bridgehead atoms. The van der Waals surface area contributed by atoms with E-state index < -0.39 is 0 Å². The summed E-state index contributed by atoms with van der Waals surface area (Å²) in [4.78, 5) is 0. The van der Waals surface area contributed by atoms with Crippen LogP contribution in [0.1, 0.15) is 29.2 Å². The lowest BCUT2D eigenvalue weighted by Gasteiger charge is -2.15. The first-order chi connectivity index (χ1) is 9.25. The zero-order valence-electron chi connectivity index (χ0n) is 10.6. The number of halogens is 1. The molecule has 1 atom stereocenters. The van der Waals surface area contributed by atoms with Gasteiger partial charge in [0, 0.05) is 18.2 Å². The Morgan fingerprint density at radius 2 is 2.00 bits per heavy atom. The number of phenolic OH excluding ortho intramolecular Hbond substituents is 1. The van der Waals surface area contributed by atoms with E-state index in [2.05, 4.69) is 45.5 Å². The number of hydrogen-bond acceptors (Lipinski definition) is 2. The normalized spacial score (nSPS) is 17.4. The number of fused-ring (bicyclic) bond motifs is 1. The van der Waals surface area contributed by atoms with Crippen molar-refractivity contribution < 1.29 is 5.11 Å². The topological polar surface area (TPSA) is 32.3 Å². The van der Waals surface area contributed by atoms with Gasteiger partial charge in [-0.1, -0.05) is 36.4 Å². The van der Waals surface area contributed by atoms with Gasteiger partial charge in [0.25, 0.3) is 0 Å². The molecule has 1 aliphatic carbocycles. The average molecular weight is 318 g/mol. The highest BCUT2D eigenvalue weighted by atomic mass is 79.9. The van der Waals surface area contributed by atoms with Crippen LogP contribution in [-0.2, 0) is 13.0 Å². The Kier molecular flexibility index (Phi) is 3.58. The Hall–Kier alpha value is -1.32. The Morgan fingerprint density at radius 3 is 2.89 bits per heavy atom. The molecule has 1 aliphatic rings. The molecule has 3 rings (SSSR count). The fraction of sp³-hybridized carbons (Fsp3) is 0.250. The van der Waals surface area contributed by atoms with Crippen molar-refractivity contribution in [1.29, 1.82) is 0 Å². The van der Waals surface area contributed by atoms with Crippen molar-refractivity contribution >= 4 is 15.9 Å². The summed E-state index contributed by atoms with van der Waals surface area (Å²) in [7, 11) is 0. The Labute approximate surface area is 121 Å². The van der Waals surface area contributed by atoms with E-state index >= 15 is 0 Å². The molecule has 0 amide bonds. The number of rotatable bonds is 3. The van der Waals surface area contributed by atoms with Crippen LogP contribution in [-0.4, -0.2) is 5.11 Å². The van der Waals surface area contributed by atoms with E-state index in [1.54, 1.807) is 0 Å². The Balaban J connectivity index is 1.73. The average Bonchev–Trinajstić information content (AvgIpc) is 2.84. The summed E-state index contributed by atoms with van der Waals surface area (Å²) in [6, 6.07) is 14.7. The van der Waals surface area contributed by atoms with E-state index in [1.807, 2.05) is 18.2 Å². The molecule has 2 aromatic carbocycles. The van der Waals surface area contributed by atoms with E-state index in [0.717, 1.165) is 22.9 Å². The Bertz CT molecular complexity index is 597. The first-order valence-electron chi connectivity index (χ1n) is 6.53. The molecule has 0 radical (unpaired) electrons. The third-order valence-corrected chi connectivity index (χ3v) is 4.38. The number of aromatic hydroxyl groups is 1.